The molecule has 0 unspecified atom stereocenters. The molecule has 2 N–H and O–H groups in total. The summed E-state index contributed by atoms with van der Waals surface area (Å²) < 4.78 is 0. The Kier molecular flexibility index (Phi) is 5.30. The van der Waals surface area contributed by atoms with Crippen LogP contribution in [-0.4, -0.2) is 23.3 Å². The van der Waals surface area contributed by atoms with Crippen LogP contribution >= 0.6 is 0 Å². The van der Waals surface area contributed by atoms with Gasteiger partial charge in [-0.15, -0.1) is 0 Å². The van der Waals surface area contributed by atoms with E-state index >= 15 is 0 Å². The molecule has 1 heterocycles. The Bertz CT molecular complexity index is 490. The molecule has 1 saturated heterocycles. The van der Waals surface area contributed by atoms with Crippen molar-refractivity contribution in [3.63, 3.8) is 0 Å². The Labute approximate surface area is 120 Å². The van der Waals surface area contributed by atoms with Crippen LogP contribution in [0, 0.1) is 0 Å². The van der Waals surface area contributed by atoms with E-state index in [0.29, 0.717) is 11.5 Å². The maximum atomic E-state index is 9.14. The van der Waals surface area contributed by atoms with E-state index in [0.717, 1.165) is 13.1 Å². The zero-order valence-electron chi connectivity index (χ0n) is 11.6. The first-order valence-corrected chi connectivity index (χ1v) is 7.04. The molecule has 3 heteroatoms. The van der Waals surface area contributed by atoms with Gasteiger partial charge in [-0.3, -0.25) is 0 Å². The number of rotatable bonds is 1. The highest BCUT2D eigenvalue weighted by molar-refractivity contribution is 5.48. The van der Waals surface area contributed by atoms with Gasteiger partial charge in [0.2, 0.25) is 0 Å². The summed E-state index contributed by atoms with van der Waals surface area (Å²) in [6.45, 7) is 2.32. The molecular weight excluding hydrogens is 250 g/mol. The van der Waals surface area contributed by atoms with Crippen molar-refractivity contribution in [1.29, 1.82) is 0 Å². The van der Waals surface area contributed by atoms with Crippen LogP contribution in [0.15, 0.2) is 54.6 Å². The number of phenolic OH excluding ortho intramolecular Hbond substituents is 2. The number of para-hydroxylation sites is 1. The van der Waals surface area contributed by atoms with E-state index in [9.17, 15) is 0 Å². The van der Waals surface area contributed by atoms with E-state index in [1.807, 2.05) is 18.2 Å². The lowest BCUT2D eigenvalue weighted by Crippen LogP contribution is -2.29. The van der Waals surface area contributed by atoms with Gasteiger partial charge in [0.25, 0.3) is 0 Å². The number of piperidine rings is 1. The monoisotopic (exact) mass is 271 g/mol. The number of hydrogen-bond acceptors (Lipinski definition) is 3. The maximum absolute atomic E-state index is 9.14. The first-order chi connectivity index (χ1) is 9.75. The van der Waals surface area contributed by atoms with E-state index in [1.54, 1.807) is 36.4 Å². The van der Waals surface area contributed by atoms with Gasteiger partial charge in [0.1, 0.15) is 11.5 Å². The second kappa shape index (κ2) is 7.43. The summed E-state index contributed by atoms with van der Waals surface area (Å²) >= 11 is 0. The second-order valence-electron chi connectivity index (χ2n) is 4.90. The molecule has 0 radical (unpaired) electrons. The molecular formula is C17H21NO2. The fraction of sp³-hybridized carbons (Fsp3) is 0.294. The Balaban J connectivity index is 0.000000178. The number of hydrogen-bond donors (Lipinski definition) is 2. The highest BCUT2D eigenvalue weighted by Gasteiger charge is 2.09. The lowest BCUT2D eigenvalue weighted by molar-refractivity contribution is 0.474. The fourth-order valence-electron chi connectivity index (χ4n) is 2.24. The third kappa shape index (κ3) is 4.50. The minimum atomic E-state index is 0.322. The predicted molar refractivity (Wildman–Crippen MR) is 82.3 cm³/mol. The zero-order valence-corrected chi connectivity index (χ0v) is 11.6. The second-order valence-corrected chi connectivity index (χ2v) is 4.90. The highest BCUT2D eigenvalue weighted by atomic mass is 16.3. The molecule has 1 fully saturated rings. The quantitative estimate of drug-likeness (QED) is 0.829. The van der Waals surface area contributed by atoms with Crippen LogP contribution in [0.25, 0.3) is 0 Å². The Morgan fingerprint density at radius 1 is 0.650 bits per heavy atom. The van der Waals surface area contributed by atoms with Gasteiger partial charge in [-0.25, -0.2) is 0 Å². The van der Waals surface area contributed by atoms with Crippen molar-refractivity contribution in [2.75, 3.05) is 18.0 Å². The summed E-state index contributed by atoms with van der Waals surface area (Å²) in [7, 11) is 0. The van der Waals surface area contributed by atoms with Crippen LogP contribution in [0.5, 0.6) is 11.5 Å². The van der Waals surface area contributed by atoms with Gasteiger partial charge in [0.05, 0.1) is 0 Å². The van der Waals surface area contributed by atoms with Crippen molar-refractivity contribution in [2.45, 2.75) is 19.3 Å². The summed E-state index contributed by atoms with van der Waals surface area (Å²) in [5, 5.41) is 17.8. The number of benzene rings is 2. The van der Waals surface area contributed by atoms with Crippen molar-refractivity contribution in [1.82, 2.24) is 0 Å². The van der Waals surface area contributed by atoms with Crippen molar-refractivity contribution in [3.8, 4) is 11.5 Å². The largest absolute Gasteiger partial charge is 0.508 e. The molecule has 1 aliphatic heterocycles. The van der Waals surface area contributed by atoms with E-state index in [4.69, 9.17) is 10.2 Å². The number of nitrogens with zero attached hydrogens (tertiary/aromatic N) is 1. The van der Waals surface area contributed by atoms with Gasteiger partial charge in [-0.05, 0) is 55.7 Å². The number of anilines is 1. The average molecular weight is 271 g/mol. The van der Waals surface area contributed by atoms with Crippen LogP contribution in [0.4, 0.5) is 5.69 Å². The van der Waals surface area contributed by atoms with Crippen LogP contribution in [-0.2, 0) is 0 Å². The zero-order chi connectivity index (χ0) is 14.2. The van der Waals surface area contributed by atoms with Crippen molar-refractivity contribution >= 4 is 5.69 Å². The van der Waals surface area contributed by atoms with Crippen LogP contribution in [0.2, 0.25) is 0 Å². The molecule has 20 heavy (non-hydrogen) atoms. The first-order valence-electron chi connectivity index (χ1n) is 7.04. The van der Waals surface area contributed by atoms with E-state index in [-0.39, 0.29) is 0 Å². The Morgan fingerprint density at radius 3 is 1.70 bits per heavy atom. The van der Waals surface area contributed by atoms with Gasteiger partial charge in [0.15, 0.2) is 0 Å². The summed E-state index contributed by atoms with van der Waals surface area (Å²) in [6.07, 6.45) is 3.94. The van der Waals surface area contributed by atoms with Crippen LogP contribution in [0.1, 0.15) is 19.3 Å². The van der Waals surface area contributed by atoms with Crippen LogP contribution < -0.4 is 4.90 Å². The predicted octanol–water partition coefficient (Wildman–Crippen LogP) is 3.77. The normalized spacial score (nSPS) is 14.3. The molecule has 2 aromatic carbocycles. The molecule has 1 aliphatic rings. The smallest absolute Gasteiger partial charge is 0.115 e. The molecule has 0 bridgehead atoms. The topological polar surface area (TPSA) is 43.7 Å². The number of aromatic hydroxyl groups is 2. The molecule has 106 valence electrons. The molecule has 0 saturated carbocycles. The van der Waals surface area contributed by atoms with Gasteiger partial charge < -0.3 is 15.1 Å². The first kappa shape index (κ1) is 14.3. The van der Waals surface area contributed by atoms with Gasteiger partial charge in [-0.1, -0.05) is 18.2 Å². The maximum Gasteiger partial charge on any atom is 0.115 e. The minimum Gasteiger partial charge on any atom is -0.508 e. The van der Waals surface area contributed by atoms with E-state index in [1.165, 1.54) is 24.9 Å². The molecule has 3 nitrogen and oxygen atoms in total. The molecule has 2 aromatic rings. The lowest BCUT2D eigenvalue weighted by atomic mass is 10.1. The van der Waals surface area contributed by atoms with Gasteiger partial charge in [0, 0.05) is 18.8 Å². The highest BCUT2D eigenvalue weighted by Crippen LogP contribution is 2.21. The SMILES string of the molecule is Oc1ccc(N2CCCCC2)cc1.Oc1ccccc1. The van der Waals surface area contributed by atoms with E-state index < -0.39 is 0 Å². The number of phenols is 2. The Hall–Kier alpha value is -2.16. The molecule has 0 aliphatic carbocycles. The molecule has 0 aromatic heterocycles. The molecule has 0 amide bonds. The fourth-order valence-corrected chi connectivity index (χ4v) is 2.24. The van der Waals surface area contributed by atoms with Crippen LogP contribution in [0.3, 0.4) is 0 Å². The molecule has 0 atom stereocenters. The average Bonchev–Trinajstić information content (AvgIpc) is 2.50. The summed E-state index contributed by atoms with van der Waals surface area (Å²) in [6, 6.07) is 16.2. The van der Waals surface area contributed by atoms with Gasteiger partial charge >= 0.3 is 0 Å². The Morgan fingerprint density at radius 2 is 1.20 bits per heavy atom. The molecule has 3 rings (SSSR count). The van der Waals surface area contributed by atoms with Crippen molar-refractivity contribution in [3.05, 3.63) is 54.6 Å². The summed E-state index contributed by atoms with van der Waals surface area (Å²) in [5.74, 6) is 0.670. The summed E-state index contributed by atoms with van der Waals surface area (Å²) in [4.78, 5) is 2.38. The minimum absolute atomic E-state index is 0.322. The summed E-state index contributed by atoms with van der Waals surface area (Å²) in [5.41, 5.74) is 1.23. The third-order valence-electron chi connectivity index (χ3n) is 3.33. The van der Waals surface area contributed by atoms with Crippen molar-refractivity contribution < 1.29 is 10.2 Å². The molecule has 0 spiro atoms. The van der Waals surface area contributed by atoms with E-state index in [2.05, 4.69) is 4.90 Å². The standard InChI is InChI=1S/C11H15NO.C6H6O/c13-11-6-4-10(5-7-11)12-8-2-1-3-9-12;7-6-4-2-1-3-5-6/h4-7,13H,1-3,8-9H2;1-5,7H. The lowest BCUT2D eigenvalue weighted by Gasteiger charge is -2.28. The van der Waals surface area contributed by atoms with Gasteiger partial charge in [-0.2, -0.15) is 0 Å². The third-order valence-corrected chi connectivity index (χ3v) is 3.33. The van der Waals surface area contributed by atoms with Crippen molar-refractivity contribution in [2.24, 2.45) is 0 Å².